The molecule has 0 saturated carbocycles. The van der Waals surface area contributed by atoms with E-state index in [0.29, 0.717) is 4.47 Å². The Balaban J connectivity index is 2.43. The molecule has 1 radical (unpaired) electrons. The summed E-state index contributed by atoms with van der Waals surface area (Å²) in [5.41, 5.74) is 0. The van der Waals surface area contributed by atoms with Crippen molar-refractivity contribution < 1.29 is 18.3 Å². The van der Waals surface area contributed by atoms with Crippen molar-refractivity contribution in [3.63, 3.8) is 0 Å². The van der Waals surface area contributed by atoms with E-state index in [-0.39, 0.29) is 11.5 Å². The lowest BCUT2D eigenvalue weighted by atomic mass is 10.3. The van der Waals surface area contributed by atoms with E-state index in [1.807, 2.05) is 0 Å². The zero-order chi connectivity index (χ0) is 8.77. The third-order valence-electron chi connectivity index (χ3n) is 1.30. The summed E-state index contributed by atoms with van der Waals surface area (Å²) in [7, 11) is 0. The second kappa shape index (κ2) is 2.32. The van der Waals surface area contributed by atoms with Crippen molar-refractivity contribution in [1.29, 1.82) is 0 Å². The number of hydrogen-bond acceptors (Lipinski definition) is 2. The van der Waals surface area contributed by atoms with Crippen LogP contribution in [0.5, 0.6) is 11.5 Å². The van der Waals surface area contributed by atoms with E-state index in [2.05, 4.69) is 31.5 Å². The molecule has 0 saturated heterocycles. The van der Waals surface area contributed by atoms with E-state index in [0.717, 1.165) is 0 Å². The van der Waals surface area contributed by atoms with Gasteiger partial charge in [0.05, 0.1) is 0 Å². The quantitative estimate of drug-likeness (QED) is 0.689. The molecule has 0 aromatic heterocycles. The fraction of sp³-hybridized carbons (Fsp3) is 0.143. The molecular weight excluding hydrogens is 234 g/mol. The van der Waals surface area contributed by atoms with Crippen molar-refractivity contribution >= 4 is 15.9 Å². The molecule has 2 rings (SSSR count). The Hall–Kier alpha value is -0.840. The molecule has 0 amide bonds. The smallest absolute Gasteiger partial charge is 0.395 e. The second-order valence-corrected chi connectivity index (χ2v) is 3.03. The molecule has 0 spiro atoms. The van der Waals surface area contributed by atoms with Crippen molar-refractivity contribution in [2.24, 2.45) is 0 Å². The number of hydrogen-bond donors (Lipinski definition) is 0. The Kier molecular flexibility index (Phi) is 1.51. The zero-order valence-corrected chi connectivity index (χ0v) is 7.19. The minimum Gasteiger partial charge on any atom is -0.395 e. The molecule has 12 heavy (non-hydrogen) atoms. The summed E-state index contributed by atoms with van der Waals surface area (Å²) < 4.78 is 33.6. The van der Waals surface area contributed by atoms with Crippen LogP contribution in [0.25, 0.3) is 0 Å². The summed E-state index contributed by atoms with van der Waals surface area (Å²) >= 11 is 3.07. The van der Waals surface area contributed by atoms with Gasteiger partial charge >= 0.3 is 6.29 Å². The lowest BCUT2D eigenvalue weighted by Gasteiger charge is -2.04. The van der Waals surface area contributed by atoms with Gasteiger partial charge in [-0.2, -0.15) is 0 Å². The normalized spacial score (nSPS) is 17.9. The first-order chi connectivity index (χ1) is 5.57. The van der Waals surface area contributed by atoms with Crippen LogP contribution in [0, 0.1) is 6.07 Å². The Morgan fingerprint density at radius 3 is 2.75 bits per heavy atom. The van der Waals surface area contributed by atoms with Crippen molar-refractivity contribution in [2.75, 3.05) is 0 Å². The van der Waals surface area contributed by atoms with Gasteiger partial charge in [-0.25, -0.2) is 0 Å². The average molecular weight is 236 g/mol. The van der Waals surface area contributed by atoms with Crippen molar-refractivity contribution in [2.45, 2.75) is 6.29 Å². The van der Waals surface area contributed by atoms with Crippen LogP contribution in [0.15, 0.2) is 16.6 Å². The average Bonchev–Trinajstić information content (AvgIpc) is 2.21. The molecule has 0 bridgehead atoms. The van der Waals surface area contributed by atoms with Gasteiger partial charge in [-0.3, -0.25) is 0 Å². The van der Waals surface area contributed by atoms with E-state index >= 15 is 0 Å². The van der Waals surface area contributed by atoms with Gasteiger partial charge in [0.2, 0.25) is 0 Å². The topological polar surface area (TPSA) is 18.5 Å². The Morgan fingerprint density at radius 2 is 2.00 bits per heavy atom. The first kappa shape index (κ1) is 7.79. The number of fused-ring (bicyclic) bond motifs is 1. The number of halogens is 3. The van der Waals surface area contributed by atoms with E-state index < -0.39 is 6.29 Å². The molecule has 1 heterocycles. The van der Waals surface area contributed by atoms with Crippen LogP contribution >= 0.6 is 15.9 Å². The van der Waals surface area contributed by atoms with Gasteiger partial charge in [-0.15, -0.1) is 8.78 Å². The van der Waals surface area contributed by atoms with Crippen molar-refractivity contribution in [3.05, 3.63) is 22.7 Å². The highest BCUT2D eigenvalue weighted by Gasteiger charge is 2.43. The van der Waals surface area contributed by atoms with Crippen LogP contribution in [-0.4, -0.2) is 6.29 Å². The molecule has 63 valence electrons. The van der Waals surface area contributed by atoms with Crippen LogP contribution < -0.4 is 9.47 Å². The van der Waals surface area contributed by atoms with Gasteiger partial charge in [0.15, 0.2) is 11.5 Å². The molecular formula is C7H2BrF2O2. The fourth-order valence-corrected chi connectivity index (χ4v) is 1.19. The van der Waals surface area contributed by atoms with Gasteiger partial charge in [0.25, 0.3) is 0 Å². The number of alkyl halides is 2. The Morgan fingerprint density at radius 1 is 1.33 bits per heavy atom. The summed E-state index contributed by atoms with van der Waals surface area (Å²) in [6.45, 7) is 0. The van der Waals surface area contributed by atoms with Gasteiger partial charge in [-0.1, -0.05) is 15.9 Å². The number of rotatable bonds is 0. The summed E-state index contributed by atoms with van der Waals surface area (Å²) in [6.07, 6.45) is -3.54. The largest absolute Gasteiger partial charge is 0.586 e. The van der Waals surface area contributed by atoms with Crippen LogP contribution in [0.3, 0.4) is 0 Å². The molecule has 0 N–H and O–H groups in total. The molecule has 1 aliphatic heterocycles. The van der Waals surface area contributed by atoms with Gasteiger partial charge in [0.1, 0.15) is 0 Å². The number of ether oxygens (including phenoxy) is 2. The monoisotopic (exact) mass is 235 g/mol. The first-order valence-electron chi connectivity index (χ1n) is 3.04. The Labute approximate surface area is 75.2 Å². The summed E-state index contributed by atoms with van der Waals surface area (Å²) in [5.74, 6) is 0.0221. The Bertz CT molecular complexity index is 327. The van der Waals surface area contributed by atoms with E-state index in [9.17, 15) is 8.78 Å². The third kappa shape index (κ3) is 1.24. The molecule has 0 fully saturated rings. The zero-order valence-electron chi connectivity index (χ0n) is 5.61. The fourth-order valence-electron chi connectivity index (χ4n) is 0.870. The van der Waals surface area contributed by atoms with Gasteiger partial charge < -0.3 is 9.47 Å². The maximum absolute atomic E-state index is 12.4. The highest BCUT2D eigenvalue weighted by molar-refractivity contribution is 9.10. The predicted octanol–water partition coefficient (Wildman–Crippen LogP) is 2.57. The summed E-state index contributed by atoms with van der Waals surface area (Å²) in [4.78, 5) is 0. The summed E-state index contributed by atoms with van der Waals surface area (Å²) in [5, 5.41) is 0. The third-order valence-corrected chi connectivity index (χ3v) is 1.76. The molecule has 1 aromatic carbocycles. The molecule has 2 nitrogen and oxygen atoms in total. The maximum atomic E-state index is 12.4. The van der Waals surface area contributed by atoms with Crippen LogP contribution in [0.2, 0.25) is 0 Å². The summed E-state index contributed by atoms with van der Waals surface area (Å²) in [6, 6.07) is 5.31. The molecule has 5 heteroatoms. The van der Waals surface area contributed by atoms with Crippen molar-refractivity contribution in [1.82, 2.24) is 0 Å². The highest BCUT2D eigenvalue weighted by Crippen LogP contribution is 2.41. The van der Waals surface area contributed by atoms with Gasteiger partial charge in [-0.05, 0) is 12.1 Å². The second-order valence-electron chi connectivity index (χ2n) is 2.18. The lowest BCUT2D eigenvalue weighted by Crippen LogP contribution is -2.25. The van der Waals surface area contributed by atoms with E-state index in [1.54, 1.807) is 0 Å². The highest BCUT2D eigenvalue weighted by atomic mass is 79.9. The van der Waals surface area contributed by atoms with E-state index in [1.165, 1.54) is 12.1 Å². The van der Waals surface area contributed by atoms with Gasteiger partial charge in [0, 0.05) is 10.5 Å². The molecule has 0 unspecified atom stereocenters. The minimum atomic E-state index is -3.54. The van der Waals surface area contributed by atoms with Crippen LogP contribution in [-0.2, 0) is 0 Å². The van der Waals surface area contributed by atoms with Crippen molar-refractivity contribution in [3.8, 4) is 11.5 Å². The van der Waals surface area contributed by atoms with Crippen LogP contribution in [0.1, 0.15) is 0 Å². The van der Waals surface area contributed by atoms with E-state index in [4.69, 9.17) is 0 Å². The maximum Gasteiger partial charge on any atom is 0.586 e. The molecule has 0 atom stereocenters. The van der Waals surface area contributed by atoms with Crippen LogP contribution in [0.4, 0.5) is 8.78 Å². The number of benzene rings is 1. The predicted molar refractivity (Wildman–Crippen MR) is 39.2 cm³/mol. The molecule has 0 aliphatic carbocycles. The standard InChI is InChI=1S/C7H2BrF2O2/c8-4-1-2-5-6(3-4)12-7(9,10)11-5/h2-3H. The molecule has 1 aromatic rings. The molecule has 1 aliphatic rings. The minimum absolute atomic E-state index is 0.00296. The lowest BCUT2D eigenvalue weighted by molar-refractivity contribution is -0.286. The SMILES string of the molecule is FC1(F)Oc2c[c]c(Br)cc2O1. The first-order valence-corrected chi connectivity index (χ1v) is 3.83.